The second kappa shape index (κ2) is 6.64. The Hall–Kier alpha value is -2.00. The molecule has 2 aromatic rings. The zero-order valence-corrected chi connectivity index (χ0v) is 12.1. The molecule has 0 radical (unpaired) electrons. The van der Waals surface area contributed by atoms with Crippen molar-refractivity contribution in [1.29, 1.82) is 0 Å². The van der Waals surface area contributed by atoms with Crippen molar-refractivity contribution in [2.75, 3.05) is 13.2 Å². The fourth-order valence-electron chi connectivity index (χ4n) is 2.63. The van der Waals surface area contributed by atoms with Crippen LogP contribution < -0.4 is 15.2 Å². The Balaban J connectivity index is 1.56. The first-order chi connectivity index (χ1) is 10.3. The van der Waals surface area contributed by atoms with Crippen LogP contribution in [0.4, 0.5) is 0 Å². The van der Waals surface area contributed by atoms with Crippen LogP contribution in [0, 0.1) is 0 Å². The summed E-state index contributed by atoms with van der Waals surface area (Å²) in [4.78, 5) is 0. The lowest BCUT2D eigenvalue weighted by Crippen LogP contribution is -2.16. The topological polar surface area (TPSA) is 44.5 Å². The lowest BCUT2D eigenvalue weighted by atomic mass is 9.99. The Morgan fingerprint density at radius 1 is 0.952 bits per heavy atom. The summed E-state index contributed by atoms with van der Waals surface area (Å²) in [7, 11) is 0. The summed E-state index contributed by atoms with van der Waals surface area (Å²) in [6, 6.07) is 16.6. The minimum Gasteiger partial charge on any atom is -0.486 e. The van der Waals surface area contributed by atoms with Crippen LogP contribution in [-0.2, 0) is 6.42 Å². The molecule has 1 atom stereocenters. The summed E-state index contributed by atoms with van der Waals surface area (Å²) in [5.74, 6) is 1.64. The van der Waals surface area contributed by atoms with Crippen molar-refractivity contribution in [1.82, 2.24) is 0 Å². The fourth-order valence-corrected chi connectivity index (χ4v) is 2.63. The molecular formula is C18H21NO2. The second-order valence-electron chi connectivity index (χ2n) is 5.39. The van der Waals surface area contributed by atoms with E-state index in [4.69, 9.17) is 15.2 Å². The molecule has 2 N–H and O–H groups in total. The number of nitrogens with two attached hydrogens (primary N) is 1. The first-order valence-corrected chi connectivity index (χ1v) is 7.52. The van der Waals surface area contributed by atoms with Crippen molar-refractivity contribution in [3.8, 4) is 11.5 Å². The van der Waals surface area contributed by atoms with Crippen molar-refractivity contribution in [2.45, 2.75) is 25.3 Å². The van der Waals surface area contributed by atoms with Gasteiger partial charge in [0.25, 0.3) is 0 Å². The largest absolute Gasteiger partial charge is 0.486 e. The summed E-state index contributed by atoms with van der Waals surface area (Å²) in [5, 5.41) is 0. The zero-order chi connectivity index (χ0) is 14.5. The van der Waals surface area contributed by atoms with Crippen LogP contribution in [0.5, 0.6) is 11.5 Å². The summed E-state index contributed by atoms with van der Waals surface area (Å²) in [5.41, 5.74) is 8.78. The minimum atomic E-state index is 0.0459. The maximum absolute atomic E-state index is 6.30. The van der Waals surface area contributed by atoms with Gasteiger partial charge < -0.3 is 15.2 Å². The maximum Gasteiger partial charge on any atom is 0.161 e. The van der Waals surface area contributed by atoms with E-state index in [1.165, 1.54) is 5.56 Å². The van der Waals surface area contributed by atoms with Gasteiger partial charge >= 0.3 is 0 Å². The number of fused-ring (bicyclic) bond motifs is 1. The molecule has 0 bridgehead atoms. The molecule has 0 fully saturated rings. The third-order valence-electron chi connectivity index (χ3n) is 3.82. The summed E-state index contributed by atoms with van der Waals surface area (Å²) in [6.45, 7) is 1.23. The summed E-state index contributed by atoms with van der Waals surface area (Å²) in [6.07, 6.45) is 3.12. The van der Waals surface area contributed by atoms with Gasteiger partial charge in [-0.15, -0.1) is 0 Å². The average Bonchev–Trinajstić information content (AvgIpc) is 2.55. The Kier molecular flexibility index (Phi) is 4.41. The molecule has 1 heterocycles. The van der Waals surface area contributed by atoms with Gasteiger partial charge in [0.1, 0.15) is 13.2 Å². The molecule has 1 aliphatic rings. The van der Waals surface area contributed by atoms with E-state index in [2.05, 4.69) is 24.3 Å². The minimum absolute atomic E-state index is 0.0459. The molecule has 3 nitrogen and oxygen atoms in total. The van der Waals surface area contributed by atoms with Gasteiger partial charge in [-0.1, -0.05) is 36.4 Å². The van der Waals surface area contributed by atoms with Gasteiger partial charge in [0.2, 0.25) is 0 Å². The van der Waals surface area contributed by atoms with Gasteiger partial charge in [-0.05, 0) is 42.5 Å². The molecule has 1 aliphatic heterocycles. The molecule has 3 rings (SSSR count). The van der Waals surface area contributed by atoms with Gasteiger partial charge in [0.05, 0.1) is 0 Å². The van der Waals surface area contributed by atoms with E-state index in [9.17, 15) is 0 Å². The van der Waals surface area contributed by atoms with E-state index >= 15 is 0 Å². The molecule has 2 aromatic carbocycles. The number of benzene rings is 2. The molecule has 0 saturated heterocycles. The number of rotatable bonds is 5. The van der Waals surface area contributed by atoms with Crippen LogP contribution in [0.1, 0.15) is 30.0 Å². The van der Waals surface area contributed by atoms with E-state index in [0.29, 0.717) is 13.2 Å². The lowest BCUT2D eigenvalue weighted by molar-refractivity contribution is 0.171. The van der Waals surface area contributed by atoms with Gasteiger partial charge in [-0.25, -0.2) is 0 Å². The standard InChI is InChI=1S/C18H21NO2/c19-16(8-4-7-14-5-2-1-3-6-14)15-9-10-17-18(13-15)21-12-11-20-17/h1-3,5-6,9-10,13,16H,4,7-8,11-12,19H2/t16-/m1/s1. The molecule has 0 spiro atoms. The van der Waals surface area contributed by atoms with Crippen molar-refractivity contribution >= 4 is 0 Å². The summed E-state index contributed by atoms with van der Waals surface area (Å²) >= 11 is 0. The average molecular weight is 283 g/mol. The third kappa shape index (κ3) is 3.56. The molecule has 0 amide bonds. The van der Waals surface area contributed by atoms with E-state index in [-0.39, 0.29) is 6.04 Å². The number of aryl methyl sites for hydroxylation is 1. The third-order valence-corrected chi connectivity index (χ3v) is 3.82. The van der Waals surface area contributed by atoms with E-state index < -0.39 is 0 Å². The van der Waals surface area contributed by atoms with Gasteiger partial charge in [-0.2, -0.15) is 0 Å². The van der Waals surface area contributed by atoms with Crippen molar-refractivity contribution < 1.29 is 9.47 Å². The molecule has 21 heavy (non-hydrogen) atoms. The van der Waals surface area contributed by atoms with Crippen LogP contribution in [0.2, 0.25) is 0 Å². The molecule has 0 unspecified atom stereocenters. The van der Waals surface area contributed by atoms with Crippen molar-refractivity contribution in [3.05, 3.63) is 59.7 Å². The van der Waals surface area contributed by atoms with E-state index in [1.54, 1.807) is 0 Å². The van der Waals surface area contributed by atoms with Gasteiger partial charge in [0, 0.05) is 6.04 Å². The van der Waals surface area contributed by atoms with Crippen LogP contribution in [0.3, 0.4) is 0 Å². The molecule has 0 aliphatic carbocycles. The Morgan fingerprint density at radius 3 is 2.52 bits per heavy atom. The zero-order valence-electron chi connectivity index (χ0n) is 12.1. The fraction of sp³-hybridized carbons (Fsp3) is 0.333. The molecular weight excluding hydrogens is 262 g/mol. The Morgan fingerprint density at radius 2 is 1.71 bits per heavy atom. The molecule has 0 saturated carbocycles. The van der Waals surface area contributed by atoms with Gasteiger partial charge in [0.15, 0.2) is 11.5 Å². The van der Waals surface area contributed by atoms with E-state index in [0.717, 1.165) is 36.3 Å². The molecule has 110 valence electrons. The summed E-state index contributed by atoms with van der Waals surface area (Å²) < 4.78 is 11.1. The first-order valence-electron chi connectivity index (χ1n) is 7.52. The highest BCUT2D eigenvalue weighted by atomic mass is 16.6. The highest BCUT2D eigenvalue weighted by Crippen LogP contribution is 2.33. The normalized spacial score (nSPS) is 14.7. The lowest BCUT2D eigenvalue weighted by Gasteiger charge is -2.20. The first kappa shape index (κ1) is 14.0. The molecule has 0 aromatic heterocycles. The number of hydrogen-bond donors (Lipinski definition) is 1. The van der Waals surface area contributed by atoms with Crippen molar-refractivity contribution in [3.63, 3.8) is 0 Å². The SMILES string of the molecule is N[C@H](CCCc1ccccc1)c1ccc2c(c1)OCCO2. The molecule has 3 heteroatoms. The monoisotopic (exact) mass is 283 g/mol. The smallest absolute Gasteiger partial charge is 0.161 e. The van der Waals surface area contributed by atoms with Crippen molar-refractivity contribution in [2.24, 2.45) is 5.73 Å². The van der Waals surface area contributed by atoms with Crippen LogP contribution >= 0.6 is 0 Å². The second-order valence-corrected chi connectivity index (χ2v) is 5.39. The quantitative estimate of drug-likeness (QED) is 0.913. The van der Waals surface area contributed by atoms with E-state index in [1.807, 2.05) is 24.3 Å². The predicted molar refractivity (Wildman–Crippen MR) is 83.7 cm³/mol. The number of hydrogen-bond acceptors (Lipinski definition) is 3. The van der Waals surface area contributed by atoms with Crippen LogP contribution in [0.25, 0.3) is 0 Å². The van der Waals surface area contributed by atoms with Crippen LogP contribution in [-0.4, -0.2) is 13.2 Å². The van der Waals surface area contributed by atoms with Gasteiger partial charge in [-0.3, -0.25) is 0 Å². The highest BCUT2D eigenvalue weighted by molar-refractivity contribution is 5.44. The maximum atomic E-state index is 6.30. The predicted octanol–water partition coefficient (Wildman–Crippen LogP) is 3.48. The Labute approximate surface area is 125 Å². The highest BCUT2D eigenvalue weighted by Gasteiger charge is 2.14. The number of ether oxygens (including phenoxy) is 2. The van der Waals surface area contributed by atoms with Crippen LogP contribution in [0.15, 0.2) is 48.5 Å². The Bertz CT molecular complexity index is 583.